The Kier molecular flexibility index (Phi) is 36.1. The van der Waals surface area contributed by atoms with E-state index >= 15 is 0 Å². The third-order valence-corrected chi connectivity index (χ3v) is 12.0. The van der Waals surface area contributed by atoms with E-state index in [4.69, 9.17) is 18.9 Å². The SMILES string of the molecule is CCCCCC(CCCCC)CCOC(=O)CCCCCCCC(CCCCCCCC(=O)OCCC(CCCCC)CCCCC)OC(=O)COC1CN(C)C1. The van der Waals surface area contributed by atoms with Crippen LogP contribution in [-0.2, 0) is 33.3 Å². The minimum Gasteiger partial charge on any atom is -0.466 e. The van der Waals surface area contributed by atoms with Crippen LogP contribution in [0.1, 0.15) is 233 Å². The molecule has 8 heteroatoms. The molecule has 0 bridgehead atoms. The lowest BCUT2D eigenvalue weighted by molar-refractivity contribution is -0.160. The summed E-state index contributed by atoms with van der Waals surface area (Å²) in [6, 6.07) is 0. The molecule has 0 spiro atoms. The molecule has 1 aliphatic heterocycles. The number of ether oxygens (including phenoxy) is 4. The van der Waals surface area contributed by atoms with E-state index in [2.05, 4.69) is 32.6 Å². The van der Waals surface area contributed by atoms with Crippen molar-refractivity contribution in [1.82, 2.24) is 4.90 Å². The van der Waals surface area contributed by atoms with Crippen molar-refractivity contribution >= 4 is 17.9 Å². The van der Waals surface area contributed by atoms with E-state index in [1.165, 1.54) is 103 Å². The van der Waals surface area contributed by atoms with E-state index in [0.717, 1.165) is 103 Å². The Morgan fingerprint density at radius 2 is 0.842 bits per heavy atom. The summed E-state index contributed by atoms with van der Waals surface area (Å²) in [4.78, 5) is 39.6. The van der Waals surface area contributed by atoms with E-state index in [1.54, 1.807) is 0 Å². The second kappa shape index (κ2) is 38.5. The lowest BCUT2D eigenvalue weighted by atomic mass is 9.92. The maximum Gasteiger partial charge on any atom is 0.332 e. The Labute approximate surface area is 352 Å². The van der Waals surface area contributed by atoms with Crippen molar-refractivity contribution < 1.29 is 33.3 Å². The lowest BCUT2D eigenvalue weighted by Gasteiger charge is -2.35. The van der Waals surface area contributed by atoms with Crippen LogP contribution in [0.4, 0.5) is 0 Å². The van der Waals surface area contributed by atoms with E-state index in [9.17, 15) is 14.4 Å². The summed E-state index contributed by atoms with van der Waals surface area (Å²) in [5.74, 6) is 1.02. The van der Waals surface area contributed by atoms with Crippen molar-refractivity contribution in [2.75, 3.05) is 40.0 Å². The minimum absolute atomic E-state index is 0.0257. The predicted molar refractivity (Wildman–Crippen MR) is 236 cm³/mol. The number of likely N-dealkylation sites (tertiary alicyclic amines) is 1. The van der Waals surface area contributed by atoms with Gasteiger partial charge in [-0.25, -0.2) is 4.79 Å². The fraction of sp³-hybridized carbons (Fsp3) is 0.939. The largest absolute Gasteiger partial charge is 0.466 e. The molecule has 1 rings (SSSR count). The van der Waals surface area contributed by atoms with Crippen molar-refractivity contribution in [2.24, 2.45) is 11.8 Å². The Bertz CT molecular complexity index is 863. The van der Waals surface area contributed by atoms with Crippen LogP contribution in [-0.4, -0.2) is 75.0 Å². The van der Waals surface area contributed by atoms with Crippen molar-refractivity contribution in [1.29, 1.82) is 0 Å². The van der Waals surface area contributed by atoms with Crippen LogP contribution in [0.2, 0.25) is 0 Å². The van der Waals surface area contributed by atoms with Gasteiger partial charge in [0, 0.05) is 25.9 Å². The topological polar surface area (TPSA) is 91.4 Å². The Hall–Kier alpha value is -1.67. The number of rotatable bonds is 42. The third-order valence-electron chi connectivity index (χ3n) is 12.0. The molecular formula is C49H93NO7. The quantitative estimate of drug-likeness (QED) is 0.0342. The molecule has 336 valence electrons. The number of carbonyl (C=O) groups is 3. The molecule has 0 aromatic rings. The zero-order chi connectivity index (χ0) is 41.6. The summed E-state index contributed by atoms with van der Waals surface area (Å²) in [7, 11) is 2.05. The third kappa shape index (κ3) is 32.8. The average molecular weight is 808 g/mol. The first kappa shape index (κ1) is 53.3. The molecule has 0 radical (unpaired) electrons. The summed E-state index contributed by atoms with van der Waals surface area (Å²) in [5.41, 5.74) is 0. The zero-order valence-electron chi connectivity index (χ0n) is 38.3. The highest BCUT2D eigenvalue weighted by Crippen LogP contribution is 2.23. The smallest absolute Gasteiger partial charge is 0.332 e. The molecule has 8 nitrogen and oxygen atoms in total. The van der Waals surface area contributed by atoms with Crippen LogP contribution in [0, 0.1) is 11.8 Å². The van der Waals surface area contributed by atoms with Crippen LogP contribution >= 0.6 is 0 Å². The van der Waals surface area contributed by atoms with Gasteiger partial charge < -0.3 is 23.8 Å². The van der Waals surface area contributed by atoms with Gasteiger partial charge in [-0.2, -0.15) is 0 Å². The monoisotopic (exact) mass is 808 g/mol. The van der Waals surface area contributed by atoms with Gasteiger partial charge in [0.15, 0.2) is 0 Å². The molecule has 1 saturated heterocycles. The van der Waals surface area contributed by atoms with Crippen molar-refractivity contribution in [3.63, 3.8) is 0 Å². The van der Waals surface area contributed by atoms with Gasteiger partial charge >= 0.3 is 17.9 Å². The fourth-order valence-electron chi connectivity index (χ4n) is 8.18. The number of likely N-dealkylation sites (N-methyl/N-ethyl adjacent to an activating group) is 1. The molecule has 0 amide bonds. The summed E-state index contributed by atoms with van der Waals surface area (Å²) in [6.07, 6.45) is 35.3. The number of unbranched alkanes of at least 4 members (excludes halogenated alkanes) is 16. The maximum absolute atomic E-state index is 12.7. The van der Waals surface area contributed by atoms with E-state index < -0.39 is 0 Å². The summed E-state index contributed by atoms with van der Waals surface area (Å²) >= 11 is 0. The van der Waals surface area contributed by atoms with Gasteiger partial charge in [-0.3, -0.25) is 9.59 Å². The van der Waals surface area contributed by atoms with Gasteiger partial charge in [0.05, 0.1) is 19.3 Å². The number of hydrogen-bond donors (Lipinski definition) is 0. The van der Waals surface area contributed by atoms with Gasteiger partial charge in [-0.05, 0) is 70.3 Å². The molecule has 0 aromatic heterocycles. The average Bonchev–Trinajstić information content (AvgIpc) is 3.18. The first-order valence-corrected chi connectivity index (χ1v) is 24.6. The lowest BCUT2D eigenvalue weighted by Crippen LogP contribution is -2.50. The molecule has 1 aliphatic rings. The summed E-state index contributed by atoms with van der Waals surface area (Å²) < 4.78 is 23.0. The molecule has 0 atom stereocenters. The van der Waals surface area contributed by atoms with E-state index in [-0.39, 0.29) is 36.7 Å². The Morgan fingerprint density at radius 1 is 0.474 bits per heavy atom. The van der Waals surface area contributed by atoms with Crippen molar-refractivity contribution in [3.05, 3.63) is 0 Å². The van der Waals surface area contributed by atoms with Gasteiger partial charge in [-0.15, -0.1) is 0 Å². The van der Waals surface area contributed by atoms with Crippen LogP contribution in [0.3, 0.4) is 0 Å². The molecular weight excluding hydrogens is 715 g/mol. The second-order valence-electron chi connectivity index (χ2n) is 17.6. The van der Waals surface area contributed by atoms with Crippen molar-refractivity contribution in [3.8, 4) is 0 Å². The van der Waals surface area contributed by atoms with Crippen molar-refractivity contribution in [2.45, 2.75) is 245 Å². The Morgan fingerprint density at radius 3 is 1.23 bits per heavy atom. The van der Waals surface area contributed by atoms with Crippen LogP contribution in [0.15, 0.2) is 0 Å². The number of nitrogens with zero attached hydrogens (tertiary/aromatic N) is 1. The molecule has 0 unspecified atom stereocenters. The van der Waals surface area contributed by atoms with Crippen LogP contribution in [0.5, 0.6) is 0 Å². The normalized spacial score (nSPS) is 13.5. The molecule has 1 heterocycles. The molecule has 1 fully saturated rings. The van der Waals surface area contributed by atoms with Gasteiger partial charge in [0.2, 0.25) is 0 Å². The first-order valence-electron chi connectivity index (χ1n) is 24.6. The number of hydrogen-bond acceptors (Lipinski definition) is 8. The van der Waals surface area contributed by atoms with Crippen LogP contribution in [0.25, 0.3) is 0 Å². The summed E-state index contributed by atoms with van der Waals surface area (Å²) in [6.45, 7) is 11.9. The highest BCUT2D eigenvalue weighted by molar-refractivity contribution is 5.71. The number of esters is 3. The van der Waals surface area contributed by atoms with Gasteiger partial charge in [0.25, 0.3) is 0 Å². The van der Waals surface area contributed by atoms with E-state index in [1.807, 2.05) is 7.05 Å². The maximum atomic E-state index is 12.7. The molecule has 0 N–H and O–H groups in total. The molecule has 57 heavy (non-hydrogen) atoms. The molecule has 0 saturated carbocycles. The highest BCUT2D eigenvalue weighted by Gasteiger charge is 2.25. The molecule has 0 aromatic carbocycles. The molecule has 0 aliphatic carbocycles. The fourth-order valence-corrected chi connectivity index (χ4v) is 8.18. The van der Waals surface area contributed by atoms with Crippen LogP contribution < -0.4 is 0 Å². The Balaban J connectivity index is 2.28. The standard InChI is InChI=1S/C49H93NO7/c1-6-10-20-28-43(29-21-11-7-2)36-38-54-47(51)34-26-18-14-16-24-32-45(57-49(53)42-56-46-40-50(5)41-46)33-25-17-15-19-27-35-48(52)55-39-37-44(30-22-12-8-3)31-23-13-9-4/h43-46H,6-42H2,1-5H3. The number of carbonyl (C=O) groups excluding carboxylic acids is 3. The van der Waals surface area contributed by atoms with Gasteiger partial charge in [0.1, 0.15) is 12.7 Å². The first-order chi connectivity index (χ1) is 27.8. The highest BCUT2D eigenvalue weighted by atomic mass is 16.6. The summed E-state index contributed by atoms with van der Waals surface area (Å²) in [5, 5.41) is 0. The van der Waals surface area contributed by atoms with Gasteiger partial charge in [-0.1, -0.05) is 169 Å². The second-order valence-corrected chi connectivity index (χ2v) is 17.6. The minimum atomic E-state index is -0.256. The zero-order valence-corrected chi connectivity index (χ0v) is 38.3. The van der Waals surface area contributed by atoms with E-state index in [0.29, 0.717) is 37.9 Å². The predicted octanol–water partition coefficient (Wildman–Crippen LogP) is 13.1.